The number of carbonyl (C=O) groups is 1. The predicted octanol–water partition coefficient (Wildman–Crippen LogP) is 6.50. The van der Waals surface area contributed by atoms with Crippen LogP contribution in [-0.4, -0.2) is 35.6 Å². The summed E-state index contributed by atoms with van der Waals surface area (Å²) in [6.45, 7) is 8.19. The van der Waals surface area contributed by atoms with E-state index in [9.17, 15) is 4.79 Å². The number of halogens is 1. The summed E-state index contributed by atoms with van der Waals surface area (Å²) in [7, 11) is 0. The third kappa shape index (κ3) is 5.29. The van der Waals surface area contributed by atoms with Crippen molar-refractivity contribution in [3.63, 3.8) is 0 Å². The standard InChI is InChI=1S/C32H36FN3O3/c1-18-12-22(39-17-21-8-10-38-11-9-21)13-19(2)31(18)23-4-6-27(33)32-24(23)5-7-28(32)36-30-16-34-29(15-35-30)26-14-25(26)20(3)37/h4,6,12-13,15-16,21,25-26,28H,5,7-11,14,17H2,1-3H3,(H,35,36)/t25-,26+,28-/m1/s1. The fourth-order valence-electron chi connectivity index (χ4n) is 6.41. The van der Waals surface area contributed by atoms with Crippen LogP contribution >= 0.6 is 0 Å². The van der Waals surface area contributed by atoms with Crippen molar-refractivity contribution < 1.29 is 18.7 Å². The van der Waals surface area contributed by atoms with Crippen LogP contribution < -0.4 is 10.1 Å². The van der Waals surface area contributed by atoms with Gasteiger partial charge in [0.25, 0.3) is 0 Å². The molecule has 1 N–H and O–H groups in total. The molecule has 0 radical (unpaired) electrons. The van der Waals surface area contributed by atoms with Gasteiger partial charge in [0.1, 0.15) is 23.2 Å². The number of aryl methyl sites for hydroxylation is 2. The van der Waals surface area contributed by atoms with E-state index < -0.39 is 0 Å². The maximum absolute atomic E-state index is 15.2. The molecule has 2 aromatic carbocycles. The van der Waals surface area contributed by atoms with Gasteiger partial charge in [-0.1, -0.05) is 6.07 Å². The van der Waals surface area contributed by atoms with Gasteiger partial charge in [-0.3, -0.25) is 9.78 Å². The first-order valence-corrected chi connectivity index (χ1v) is 14.1. The van der Waals surface area contributed by atoms with E-state index in [-0.39, 0.29) is 29.5 Å². The zero-order valence-corrected chi connectivity index (χ0v) is 22.9. The molecule has 1 saturated carbocycles. The normalized spacial score (nSPS) is 22.4. The van der Waals surface area contributed by atoms with Gasteiger partial charge in [0.05, 0.1) is 30.7 Å². The van der Waals surface area contributed by atoms with Gasteiger partial charge in [-0.15, -0.1) is 0 Å². The molecule has 1 aliphatic heterocycles. The highest BCUT2D eigenvalue weighted by Gasteiger charge is 2.43. The van der Waals surface area contributed by atoms with Crippen LogP contribution in [0.4, 0.5) is 10.2 Å². The molecule has 204 valence electrons. The van der Waals surface area contributed by atoms with Gasteiger partial charge < -0.3 is 14.8 Å². The topological polar surface area (TPSA) is 73.3 Å². The lowest BCUT2D eigenvalue weighted by molar-refractivity contribution is -0.118. The summed E-state index contributed by atoms with van der Waals surface area (Å²) in [4.78, 5) is 20.7. The average Bonchev–Trinajstić information content (AvgIpc) is 3.63. The Kier molecular flexibility index (Phi) is 7.10. The minimum Gasteiger partial charge on any atom is -0.493 e. The second-order valence-electron chi connectivity index (χ2n) is 11.4. The van der Waals surface area contributed by atoms with Gasteiger partial charge in [-0.05, 0) is 105 Å². The molecule has 0 unspecified atom stereocenters. The molecule has 1 saturated heterocycles. The maximum Gasteiger partial charge on any atom is 0.144 e. The average molecular weight is 530 g/mol. The van der Waals surface area contributed by atoms with Crippen molar-refractivity contribution >= 4 is 11.6 Å². The Labute approximate surface area is 229 Å². The molecule has 0 amide bonds. The SMILES string of the molecule is CC(=O)[C@H]1C[C@@H]1c1cnc(N[C@@H]2CCc3c(-c4c(C)cc(OCC5CCOCC5)cc4C)ccc(F)c32)cn1. The van der Waals surface area contributed by atoms with E-state index in [2.05, 4.69) is 41.3 Å². The Bertz CT molecular complexity index is 1360. The highest BCUT2D eigenvalue weighted by molar-refractivity contribution is 5.82. The third-order valence-corrected chi connectivity index (χ3v) is 8.62. The largest absolute Gasteiger partial charge is 0.493 e. The Morgan fingerprint density at radius 2 is 1.87 bits per heavy atom. The first kappa shape index (κ1) is 25.9. The predicted molar refractivity (Wildman–Crippen MR) is 149 cm³/mol. The lowest BCUT2D eigenvalue weighted by atomic mass is 9.90. The van der Waals surface area contributed by atoms with Crippen LogP contribution in [0.5, 0.6) is 5.75 Å². The van der Waals surface area contributed by atoms with Crippen molar-refractivity contribution in [2.75, 3.05) is 25.1 Å². The number of hydrogen-bond donors (Lipinski definition) is 1. The van der Waals surface area contributed by atoms with E-state index in [4.69, 9.17) is 9.47 Å². The van der Waals surface area contributed by atoms with Crippen LogP contribution in [0.2, 0.25) is 0 Å². The van der Waals surface area contributed by atoms with Crippen LogP contribution in [0.3, 0.4) is 0 Å². The summed E-state index contributed by atoms with van der Waals surface area (Å²) in [5, 5.41) is 3.41. The number of fused-ring (bicyclic) bond motifs is 1. The lowest BCUT2D eigenvalue weighted by Crippen LogP contribution is -2.21. The molecule has 3 atom stereocenters. The minimum absolute atomic E-state index is 0.0758. The van der Waals surface area contributed by atoms with Gasteiger partial charge >= 0.3 is 0 Å². The number of benzene rings is 2. The maximum atomic E-state index is 15.2. The fraction of sp³-hybridized carbons (Fsp3) is 0.469. The van der Waals surface area contributed by atoms with Crippen molar-refractivity contribution in [3.05, 3.63) is 70.4 Å². The van der Waals surface area contributed by atoms with E-state index in [1.807, 2.05) is 6.07 Å². The van der Waals surface area contributed by atoms with E-state index in [0.29, 0.717) is 18.3 Å². The van der Waals surface area contributed by atoms with Gasteiger partial charge in [-0.2, -0.15) is 0 Å². The quantitative estimate of drug-likeness (QED) is 0.359. The lowest BCUT2D eigenvalue weighted by Gasteiger charge is -2.23. The summed E-state index contributed by atoms with van der Waals surface area (Å²) in [5.74, 6) is 2.33. The van der Waals surface area contributed by atoms with Crippen molar-refractivity contribution in [1.82, 2.24) is 9.97 Å². The Morgan fingerprint density at radius 3 is 2.54 bits per heavy atom. The summed E-state index contributed by atoms with van der Waals surface area (Å²) < 4.78 is 26.9. The monoisotopic (exact) mass is 529 g/mol. The molecule has 6 nitrogen and oxygen atoms in total. The van der Waals surface area contributed by atoms with Crippen molar-refractivity contribution in [2.24, 2.45) is 11.8 Å². The van der Waals surface area contributed by atoms with Crippen molar-refractivity contribution in [3.8, 4) is 16.9 Å². The van der Waals surface area contributed by atoms with Crippen molar-refractivity contribution in [2.45, 2.75) is 64.8 Å². The molecule has 2 aliphatic carbocycles. The van der Waals surface area contributed by atoms with Crippen LogP contribution in [0.1, 0.15) is 72.5 Å². The Hall–Kier alpha value is -3.32. The Balaban J connectivity index is 1.20. The number of anilines is 1. The molecule has 1 aromatic heterocycles. The van der Waals surface area contributed by atoms with Crippen molar-refractivity contribution in [1.29, 1.82) is 0 Å². The number of nitrogens with one attached hydrogen (secondary N) is 1. The molecular formula is C32H36FN3O3. The molecule has 0 bridgehead atoms. The van der Waals surface area contributed by atoms with E-state index >= 15 is 4.39 Å². The molecule has 3 aliphatic rings. The molecule has 39 heavy (non-hydrogen) atoms. The zero-order chi connectivity index (χ0) is 27.1. The minimum atomic E-state index is -0.192. The Morgan fingerprint density at radius 1 is 1.10 bits per heavy atom. The highest BCUT2D eigenvalue weighted by Crippen LogP contribution is 2.47. The number of carbonyl (C=O) groups excluding carboxylic acids is 1. The third-order valence-electron chi connectivity index (χ3n) is 8.62. The van der Waals surface area contributed by atoms with Gasteiger partial charge in [-0.25, -0.2) is 9.37 Å². The molecule has 2 heterocycles. The van der Waals surface area contributed by atoms with Gasteiger partial charge in [0.2, 0.25) is 0 Å². The zero-order valence-electron chi connectivity index (χ0n) is 22.9. The van der Waals surface area contributed by atoms with E-state index in [1.165, 1.54) is 0 Å². The fourth-order valence-corrected chi connectivity index (χ4v) is 6.41. The number of aromatic nitrogens is 2. The van der Waals surface area contributed by atoms with Crippen LogP contribution in [-0.2, 0) is 16.0 Å². The molecule has 2 fully saturated rings. The summed E-state index contributed by atoms with van der Waals surface area (Å²) in [6, 6.07) is 7.55. The molecule has 7 heteroatoms. The second-order valence-corrected chi connectivity index (χ2v) is 11.4. The summed E-state index contributed by atoms with van der Waals surface area (Å²) >= 11 is 0. The number of rotatable bonds is 8. The molecule has 0 spiro atoms. The summed E-state index contributed by atoms with van der Waals surface area (Å²) in [6.07, 6.45) is 7.96. The molecule has 6 rings (SSSR count). The number of ketones is 1. The number of Topliss-reactive ketones (excluding diaryl/α,β-unsaturated/α-hetero) is 1. The molecule has 3 aromatic rings. The number of hydrogen-bond acceptors (Lipinski definition) is 6. The van der Waals surface area contributed by atoms with Crippen LogP contribution in [0.15, 0.2) is 36.7 Å². The van der Waals surface area contributed by atoms with E-state index in [1.54, 1.807) is 25.4 Å². The van der Waals surface area contributed by atoms with E-state index in [0.717, 1.165) is 90.1 Å². The first-order valence-electron chi connectivity index (χ1n) is 14.1. The number of nitrogens with zero attached hydrogens (tertiary/aromatic N) is 2. The van der Waals surface area contributed by atoms with Crippen LogP contribution in [0.25, 0.3) is 11.1 Å². The van der Waals surface area contributed by atoms with Gasteiger partial charge in [0, 0.05) is 30.6 Å². The first-order chi connectivity index (χ1) is 18.9. The highest BCUT2D eigenvalue weighted by atomic mass is 19.1. The number of ether oxygens (including phenoxy) is 2. The second kappa shape index (κ2) is 10.7. The van der Waals surface area contributed by atoms with Gasteiger partial charge in [0.15, 0.2) is 0 Å². The molecular weight excluding hydrogens is 493 g/mol. The van der Waals surface area contributed by atoms with Crippen LogP contribution in [0, 0.1) is 31.5 Å². The summed E-state index contributed by atoms with van der Waals surface area (Å²) in [5.41, 5.74) is 7.13. The smallest absolute Gasteiger partial charge is 0.144 e.